The molecule has 21 heavy (non-hydrogen) atoms. The highest BCUT2D eigenvalue weighted by molar-refractivity contribution is 5.74. The van der Waals surface area contributed by atoms with Crippen LogP contribution in [0.15, 0.2) is 30.3 Å². The van der Waals surface area contributed by atoms with E-state index in [2.05, 4.69) is 22.3 Å². The predicted molar refractivity (Wildman–Crippen MR) is 85.2 cm³/mol. The van der Waals surface area contributed by atoms with Gasteiger partial charge >= 0.3 is 6.03 Å². The molecule has 2 amide bonds. The maximum atomic E-state index is 12.1. The lowest BCUT2D eigenvalue weighted by Crippen LogP contribution is -2.46. The number of hydrogen-bond acceptors (Lipinski definition) is 3. The number of nitrogens with one attached hydrogen (secondary N) is 1. The van der Waals surface area contributed by atoms with E-state index in [4.69, 9.17) is 0 Å². The lowest BCUT2D eigenvalue weighted by molar-refractivity contribution is 0.0529. The molecule has 0 radical (unpaired) electrons. The van der Waals surface area contributed by atoms with Gasteiger partial charge in [0.1, 0.15) is 0 Å². The van der Waals surface area contributed by atoms with E-state index in [1.807, 2.05) is 32.3 Å². The van der Waals surface area contributed by atoms with Crippen molar-refractivity contribution < 1.29 is 9.90 Å². The molecule has 1 aromatic carbocycles. The molecule has 0 aromatic heterocycles. The summed E-state index contributed by atoms with van der Waals surface area (Å²) >= 11 is 0. The van der Waals surface area contributed by atoms with Crippen molar-refractivity contribution in [1.29, 1.82) is 0 Å². The first-order valence-corrected chi connectivity index (χ1v) is 7.13. The number of aliphatic hydroxyl groups is 1. The summed E-state index contributed by atoms with van der Waals surface area (Å²) in [6.45, 7) is 4.18. The average molecular weight is 293 g/mol. The molecule has 0 saturated carbocycles. The Hall–Kier alpha value is -1.59. The molecule has 0 saturated heterocycles. The molecule has 0 aliphatic carbocycles. The number of likely N-dealkylation sites (N-methyl/N-ethyl adjacent to an activating group) is 2. The summed E-state index contributed by atoms with van der Waals surface area (Å²) in [6, 6.07) is 10.0. The number of urea groups is 1. The molecule has 1 aromatic rings. The second kappa shape index (κ2) is 7.43. The number of carbonyl (C=O) groups is 1. The molecule has 0 fully saturated rings. The van der Waals surface area contributed by atoms with Gasteiger partial charge in [0, 0.05) is 13.6 Å². The Morgan fingerprint density at radius 3 is 2.29 bits per heavy atom. The standard InChI is InChI=1S/C16H27N3O2/c1-16(2,21)12-19(5)15(20)17-11-14(18(3)4)13-9-7-6-8-10-13/h6-10,14,21H,11-12H2,1-5H3,(H,17,20). The van der Waals surface area contributed by atoms with Crippen LogP contribution in [-0.2, 0) is 0 Å². The van der Waals surface area contributed by atoms with Gasteiger partial charge < -0.3 is 20.2 Å². The SMILES string of the molecule is CN(CC(C)(C)O)C(=O)NCC(c1ccccc1)N(C)C. The molecule has 118 valence electrons. The topological polar surface area (TPSA) is 55.8 Å². The minimum Gasteiger partial charge on any atom is -0.389 e. The van der Waals surface area contributed by atoms with E-state index >= 15 is 0 Å². The summed E-state index contributed by atoms with van der Waals surface area (Å²) in [4.78, 5) is 15.6. The Bertz CT molecular complexity index is 441. The third-order valence-corrected chi connectivity index (χ3v) is 3.23. The molecule has 0 aliphatic heterocycles. The van der Waals surface area contributed by atoms with E-state index in [1.54, 1.807) is 20.9 Å². The number of rotatable bonds is 6. The van der Waals surface area contributed by atoms with Crippen LogP contribution in [0, 0.1) is 0 Å². The van der Waals surface area contributed by atoms with Crippen LogP contribution in [-0.4, -0.2) is 60.8 Å². The number of amides is 2. The van der Waals surface area contributed by atoms with E-state index in [1.165, 1.54) is 4.90 Å². The highest BCUT2D eigenvalue weighted by Crippen LogP contribution is 2.16. The quantitative estimate of drug-likeness (QED) is 0.839. The summed E-state index contributed by atoms with van der Waals surface area (Å²) in [5, 5.41) is 12.7. The van der Waals surface area contributed by atoms with E-state index < -0.39 is 5.60 Å². The van der Waals surface area contributed by atoms with Crippen molar-refractivity contribution in [2.24, 2.45) is 0 Å². The third-order valence-electron chi connectivity index (χ3n) is 3.23. The van der Waals surface area contributed by atoms with Gasteiger partial charge in [-0.2, -0.15) is 0 Å². The Morgan fingerprint density at radius 2 is 1.81 bits per heavy atom. The van der Waals surface area contributed by atoms with Crippen molar-refractivity contribution in [3.05, 3.63) is 35.9 Å². The van der Waals surface area contributed by atoms with Crippen molar-refractivity contribution in [2.45, 2.75) is 25.5 Å². The molecule has 0 spiro atoms. The van der Waals surface area contributed by atoms with Gasteiger partial charge in [0.2, 0.25) is 0 Å². The van der Waals surface area contributed by atoms with Crippen molar-refractivity contribution in [1.82, 2.24) is 15.1 Å². The molecule has 2 N–H and O–H groups in total. The highest BCUT2D eigenvalue weighted by Gasteiger charge is 2.21. The van der Waals surface area contributed by atoms with Gasteiger partial charge in [-0.05, 0) is 33.5 Å². The van der Waals surface area contributed by atoms with Gasteiger partial charge in [-0.1, -0.05) is 30.3 Å². The van der Waals surface area contributed by atoms with Crippen LogP contribution in [0.5, 0.6) is 0 Å². The van der Waals surface area contributed by atoms with E-state index in [9.17, 15) is 9.90 Å². The second-order valence-corrected chi connectivity index (χ2v) is 6.24. The average Bonchev–Trinajstić information content (AvgIpc) is 2.37. The smallest absolute Gasteiger partial charge is 0.317 e. The van der Waals surface area contributed by atoms with Crippen LogP contribution in [0.2, 0.25) is 0 Å². The van der Waals surface area contributed by atoms with Gasteiger partial charge in [0.05, 0.1) is 18.2 Å². The summed E-state index contributed by atoms with van der Waals surface area (Å²) in [7, 11) is 5.66. The van der Waals surface area contributed by atoms with Crippen molar-refractivity contribution in [3.8, 4) is 0 Å². The second-order valence-electron chi connectivity index (χ2n) is 6.24. The van der Waals surface area contributed by atoms with Gasteiger partial charge in [0.15, 0.2) is 0 Å². The van der Waals surface area contributed by atoms with Crippen LogP contribution in [0.4, 0.5) is 4.79 Å². The van der Waals surface area contributed by atoms with Gasteiger partial charge in [-0.15, -0.1) is 0 Å². The molecular weight excluding hydrogens is 266 g/mol. The van der Waals surface area contributed by atoms with Crippen LogP contribution in [0.25, 0.3) is 0 Å². The Labute approximate surface area is 127 Å². The summed E-state index contributed by atoms with van der Waals surface area (Å²) in [6.07, 6.45) is 0. The van der Waals surface area contributed by atoms with Crippen molar-refractivity contribution >= 4 is 6.03 Å². The van der Waals surface area contributed by atoms with Crippen molar-refractivity contribution in [2.75, 3.05) is 34.2 Å². The third kappa shape index (κ3) is 6.14. The molecule has 5 heteroatoms. The number of carbonyl (C=O) groups excluding carboxylic acids is 1. The number of hydrogen-bond donors (Lipinski definition) is 2. The normalized spacial score (nSPS) is 13.1. The zero-order valence-electron chi connectivity index (χ0n) is 13.6. The van der Waals surface area contributed by atoms with E-state index in [0.717, 1.165) is 5.56 Å². The molecule has 5 nitrogen and oxygen atoms in total. The molecule has 1 rings (SSSR count). The molecule has 0 aliphatic rings. The first-order chi connectivity index (χ1) is 9.70. The maximum Gasteiger partial charge on any atom is 0.317 e. The van der Waals surface area contributed by atoms with Crippen LogP contribution >= 0.6 is 0 Å². The molecule has 1 atom stereocenters. The molecule has 1 unspecified atom stereocenters. The minimum atomic E-state index is -0.896. The Morgan fingerprint density at radius 1 is 1.24 bits per heavy atom. The Kier molecular flexibility index (Phi) is 6.18. The first-order valence-electron chi connectivity index (χ1n) is 7.13. The van der Waals surface area contributed by atoms with Gasteiger partial charge in [-0.3, -0.25) is 0 Å². The van der Waals surface area contributed by atoms with E-state index in [-0.39, 0.29) is 18.6 Å². The molecular formula is C16H27N3O2. The summed E-state index contributed by atoms with van der Waals surface area (Å²) in [5.74, 6) is 0. The fourth-order valence-electron chi connectivity index (χ4n) is 2.24. The largest absolute Gasteiger partial charge is 0.389 e. The lowest BCUT2D eigenvalue weighted by atomic mass is 10.1. The van der Waals surface area contributed by atoms with Gasteiger partial charge in [-0.25, -0.2) is 4.79 Å². The molecule has 0 heterocycles. The van der Waals surface area contributed by atoms with Crippen molar-refractivity contribution in [3.63, 3.8) is 0 Å². The Balaban J connectivity index is 2.60. The fourth-order valence-corrected chi connectivity index (χ4v) is 2.24. The van der Waals surface area contributed by atoms with Crippen LogP contribution in [0.3, 0.4) is 0 Å². The zero-order valence-corrected chi connectivity index (χ0v) is 13.6. The number of nitrogens with zero attached hydrogens (tertiary/aromatic N) is 2. The maximum absolute atomic E-state index is 12.1. The lowest BCUT2D eigenvalue weighted by Gasteiger charge is -2.28. The fraction of sp³-hybridized carbons (Fsp3) is 0.562. The van der Waals surface area contributed by atoms with Crippen LogP contribution < -0.4 is 5.32 Å². The minimum absolute atomic E-state index is 0.116. The number of benzene rings is 1. The molecule has 0 bridgehead atoms. The highest BCUT2D eigenvalue weighted by atomic mass is 16.3. The van der Waals surface area contributed by atoms with Gasteiger partial charge in [0.25, 0.3) is 0 Å². The summed E-state index contributed by atoms with van der Waals surface area (Å²) in [5.41, 5.74) is 0.264. The monoisotopic (exact) mass is 293 g/mol. The summed E-state index contributed by atoms with van der Waals surface area (Å²) < 4.78 is 0. The van der Waals surface area contributed by atoms with E-state index in [0.29, 0.717) is 6.54 Å². The zero-order chi connectivity index (χ0) is 16.0. The predicted octanol–water partition coefficient (Wildman–Crippen LogP) is 1.70. The van der Waals surface area contributed by atoms with Crippen LogP contribution in [0.1, 0.15) is 25.5 Å². The first kappa shape index (κ1) is 17.5.